The van der Waals surface area contributed by atoms with Gasteiger partial charge in [-0.15, -0.1) is 11.3 Å². The normalized spacial score (nSPS) is 10.9. The summed E-state index contributed by atoms with van der Waals surface area (Å²) < 4.78 is 4.93. The summed E-state index contributed by atoms with van der Waals surface area (Å²) in [5.74, 6) is 0.186. The molecule has 2 aromatic rings. The zero-order chi connectivity index (χ0) is 10.7. The highest BCUT2D eigenvalue weighted by atomic mass is 32.1. The third kappa shape index (κ3) is 2.29. The molecule has 0 radical (unpaired) electrons. The lowest BCUT2D eigenvalue weighted by Crippen LogP contribution is -1.82. The molecule has 2 aromatic heterocycles. The molecule has 0 atom stereocenters. The van der Waals surface area contributed by atoms with Crippen molar-refractivity contribution in [1.29, 1.82) is 0 Å². The molecule has 0 N–H and O–H groups in total. The molecule has 76 valence electrons. The average Bonchev–Trinajstić information content (AvgIpc) is 2.86. The van der Waals surface area contributed by atoms with Crippen LogP contribution in [0.25, 0.3) is 12.2 Å². The highest BCUT2D eigenvalue weighted by molar-refractivity contribution is 7.10. The first kappa shape index (κ1) is 9.60. The summed E-state index contributed by atoms with van der Waals surface area (Å²) in [6, 6.07) is 2.86. The largest absolute Gasteiger partial charge is 0.433 e. The van der Waals surface area contributed by atoms with Crippen molar-refractivity contribution < 1.29 is 9.34 Å². The molecule has 0 aliphatic carbocycles. The third-order valence-electron chi connectivity index (χ3n) is 1.63. The number of nitrogens with zero attached hydrogens (tertiary/aromatic N) is 2. The van der Waals surface area contributed by atoms with Crippen LogP contribution in [0.2, 0.25) is 0 Å². The molecule has 0 fully saturated rings. The Morgan fingerprint density at radius 1 is 1.47 bits per heavy atom. The van der Waals surface area contributed by atoms with Crippen LogP contribution in [-0.2, 0) is 0 Å². The fraction of sp³-hybridized carbons (Fsp3) is 0. The fourth-order valence-corrected chi connectivity index (χ4v) is 1.53. The monoisotopic (exact) mass is 222 g/mol. The Balaban J connectivity index is 2.14. The van der Waals surface area contributed by atoms with Gasteiger partial charge in [0.15, 0.2) is 0 Å². The topological polar surface area (TPSA) is 69.2 Å². The third-order valence-corrected chi connectivity index (χ3v) is 2.37. The van der Waals surface area contributed by atoms with E-state index in [-0.39, 0.29) is 5.88 Å². The van der Waals surface area contributed by atoms with Crippen molar-refractivity contribution >= 4 is 29.4 Å². The summed E-state index contributed by atoms with van der Waals surface area (Å²) in [4.78, 5) is 13.8. The molecule has 0 saturated heterocycles. The Bertz CT molecular complexity index is 487. The highest BCUT2D eigenvalue weighted by Gasteiger charge is 2.09. The fourth-order valence-electron chi connectivity index (χ4n) is 1.00. The minimum atomic E-state index is -0.569. The summed E-state index contributed by atoms with van der Waals surface area (Å²) in [6.07, 6.45) is 5.08. The second-order valence-electron chi connectivity index (χ2n) is 2.64. The van der Waals surface area contributed by atoms with Gasteiger partial charge in [0.2, 0.25) is 0 Å². The Hall–Kier alpha value is -1.95. The van der Waals surface area contributed by atoms with Crippen LogP contribution in [-0.4, -0.2) is 9.91 Å². The van der Waals surface area contributed by atoms with Crippen LogP contribution in [0.1, 0.15) is 10.8 Å². The molecule has 2 rings (SSSR count). The number of thiazole rings is 1. The Morgan fingerprint density at radius 3 is 2.93 bits per heavy atom. The van der Waals surface area contributed by atoms with Gasteiger partial charge in [-0.05, 0) is 18.2 Å². The maximum absolute atomic E-state index is 10.3. The van der Waals surface area contributed by atoms with Crippen LogP contribution < -0.4 is 0 Å². The predicted octanol–water partition coefficient (Wildman–Crippen LogP) is 2.81. The van der Waals surface area contributed by atoms with E-state index < -0.39 is 4.92 Å². The lowest BCUT2D eigenvalue weighted by Gasteiger charge is -1.83. The molecule has 0 aromatic carbocycles. The summed E-state index contributed by atoms with van der Waals surface area (Å²) in [6.45, 7) is 0. The SMILES string of the molecule is O=[N+]([O-])c1ccc(/C=C/c2nccs2)o1. The van der Waals surface area contributed by atoms with Crippen molar-refractivity contribution in [1.82, 2.24) is 4.98 Å². The summed E-state index contributed by atoms with van der Waals surface area (Å²) in [5, 5.41) is 13.0. The Kier molecular flexibility index (Phi) is 2.59. The molecule has 0 saturated carbocycles. The minimum absolute atomic E-state index is 0.256. The molecule has 5 nitrogen and oxygen atoms in total. The number of hydrogen-bond acceptors (Lipinski definition) is 5. The van der Waals surface area contributed by atoms with Crippen molar-refractivity contribution in [3.05, 3.63) is 44.6 Å². The van der Waals surface area contributed by atoms with Crippen LogP contribution in [0.4, 0.5) is 5.88 Å². The molecule has 0 aliphatic heterocycles. The zero-order valence-electron chi connectivity index (χ0n) is 7.49. The van der Waals surface area contributed by atoms with Crippen LogP contribution in [0, 0.1) is 10.1 Å². The van der Waals surface area contributed by atoms with Gasteiger partial charge >= 0.3 is 5.88 Å². The van der Waals surface area contributed by atoms with Gasteiger partial charge in [-0.3, -0.25) is 10.1 Å². The lowest BCUT2D eigenvalue weighted by molar-refractivity contribution is -0.402. The first-order valence-electron chi connectivity index (χ1n) is 4.07. The molecule has 6 heteroatoms. The second-order valence-corrected chi connectivity index (χ2v) is 3.56. The maximum atomic E-state index is 10.3. The average molecular weight is 222 g/mol. The maximum Gasteiger partial charge on any atom is 0.433 e. The van der Waals surface area contributed by atoms with E-state index in [0.29, 0.717) is 5.76 Å². The van der Waals surface area contributed by atoms with E-state index in [1.165, 1.54) is 17.4 Å². The highest BCUT2D eigenvalue weighted by Crippen LogP contribution is 2.18. The molecule has 0 bridgehead atoms. The smallest absolute Gasteiger partial charge is 0.401 e. The van der Waals surface area contributed by atoms with Crippen LogP contribution in [0.15, 0.2) is 28.1 Å². The van der Waals surface area contributed by atoms with Crippen molar-refractivity contribution in [3.8, 4) is 0 Å². The molecule has 0 aliphatic rings. The van der Waals surface area contributed by atoms with E-state index in [9.17, 15) is 10.1 Å². The van der Waals surface area contributed by atoms with E-state index in [1.54, 1.807) is 24.4 Å². The molecular weight excluding hydrogens is 216 g/mol. The Morgan fingerprint density at radius 2 is 2.33 bits per heavy atom. The van der Waals surface area contributed by atoms with E-state index >= 15 is 0 Å². The molecule has 15 heavy (non-hydrogen) atoms. The molecular formula is C9H6N2O3S. The molecule has 0 amide bonds. The van der Waals surface area contributed by atoms with Gasteiger partial charge < -0.3 is 4.42 Å². The standard InChI is InChI=1S/C9H6N2O3S/c12-11(13)9-4-2-7(14-9)1-3-8-10-5-6-15-8/h1-6H/b3-1+. The molecule has 0 spiro atoms. The van der Waals surface area contributed by atoms with Crippen molar-refractivity contribution in [2.45, 2.75) is 0 Å². The van der Waals surface area contributed by atoms with Gasteiger partial charge in [-0.25, -0.2) is 4.98 Å². The van der Waals surface area contributed by atoms with Gasteiger partial charge in [0, 0.05) is 11.6 Å². The summed E-state index contributed by atoms with van der Waals surface area (Å²) >= 11 is 1.48. The van der Waals surface area contributed by atoms with Crippen molar-refractivity contribution in [3.63, 3.8) is 0 Å². The van der Waals surface area contributed by atoms with E-state index in [1.807, 2.05) is 5.38 Å². The van der Waals surface area contributed by atoms with Crippen LogP contribution in [0.3, 0.4) is 0 Å². The van der Waals surface area contributed by atoms with Gasteiger partial charge in [0.25, 0.3) is 0 Å². The van der Waals surface area contributed by atoms with Gasteiger partial charge in [-0.1, -0.05) is 0 Å². The lowest BCUT2D eigenvalue weighted by atomic mass is 10.4. The van der Waals surface area contributed by atoms with Gasteiger partial charge in [-0.2, -0.15) is 0 Å². The zero-order valence-corrected chi connectivity index (χ0v) is 8.31. The first-order valence-corrected chi connectivity index (χ1v) is 4.95. The van der Waals surface area contributed by atoms with E-state index in [0.717, 1.165) is 5.01 Å². The number of aromatic nitrogens is 1. The van der Waals surface area contributed by atoms with Crippen LogP contribution >= 0.6 is 11.3 Å². The molecule has 0 unspecified atom stereocenters. The minimum Gasteiger partial charge on any atom is -0.401 e. The van der Waals surface area contributed by atoms with Crippen LogP contribution in [0.5, 0.6) is 0 Å². The second kappa shape index (κ2) is 4.05. The quantitative estimate of drug-likeness (QED) is 0.591. The predicted molar refractivity (Wildman–Crippen MR) is 56.4 cm³/mol. The first-order chi connectivity index (χ1) is 7.25. The van der Waals surface area contributed by atoms with E-state index in [2.05, 4.69) is 4.98 Å². The summed E-state index contributed by atoms with van der Waals surface area (Å²) in [5.41, 5.74) is 0. The Labute approximate surface area is 88.8 Å². The van der Waals surface area contributed by atoms with E-state index in [4.69, 9.17) is 4.42 Å². The number of furan rings is 1. The van der Waals surface area contributed by atoms with Crippen molar-refractivity contribution in [2.75, 3.05) is 0 Å². The number of hydrogen-bond donors (Lipinski definition) is 0. The number of nitro groups is 1. The molecule has 2 heterocycles. The van der Waals surface area contributed by atoms with Gasteiger partial charge in [0.1, 0.15) is 15.7 Å². The number of rotatable bonds is 3. The van der Waals surface area contributed by atoms with Crippen molar-refractivity contribution in [2.24, 2.45) is 0 Å². The summed E-state index contributed by atoms with van der Waals surface area (Å²) in [7, 11) is 0. The van der Waals surface area contributed by atoms with Gasteiger partial charge in [0.05, 0.1) is 6.07 Å².